The van der Waals surface area contributed by atoms with E-state index in [0.717, 1.165) is 0 Å². The molecular formula is C16H14ClNO6. The summed E-state index contributed by atoms with van der Waals surface area (Å²) in [7, 11) is 1.59. The molecule has 2 aromatic rings. The van der Waals surface area contributed by atoms with E-state index in [0.29, 0.717) is 23.8 Å². The molecule has 0 fully saturated rings. The Hall–Kier alpha value is -2.67. The van der Waals surface area contributed by atoms with Crippen LogP contribution < -0.4 is 9.47 Å². The molecule has 0 aliphatic carbocycles. The summed E-state index contributed by atoms with van der Waals surface area (Å²) in [5.41, 5.74) is 0.186. The van der Waals surface area contributed by atoms with Crippen molar-refractivity contribution in [2.24, 2.45) is 0 Å². The lowest BCUT2D eigenvalue weighted by atomic mass is 10.2. The molecule has 1 aromatic carbocycles. The van der Waals surface area contributed by atoms with E-state index in [9.17, 15) is 9.59 Å². The number of rotatable bonds is 5. The van der Waals surface area contributed by atoms with Crippen molar-refractivity contribution in [1.82, 2.24) is 4.90 Å². The van der Waals surface area contributed by atoms with Crippen LogP contribution in [0.15, 0.2) is 34.9 Å². The molecule has 1 aromatic heterocycles. The Bertz CT molecular complexity index is 758. The summed E-state index contributed by atoms with van der Waals surface area (Å²) >= 11 is 6.01. The van der Waals surface area contributed by atoms with Gasteiger partial charge in [-0.1, -0.05) is 11.6 Å². The maximum absolute atomic E-state index is 12.1. The number of nitrogens with zero attached hydrogens (tertiary/aromatic N) is 1. The van der Waals surface area contributed by atoms with E-state index in [-0.39, 0.29) is 29.9 Å². The van der Waals surface area contributed by atoms with Crippen LogP contribution in [-0.2, 0) is 16.1 Å². The second-order valence-corrected chi connectivity index (χ2v) is 5.50. The van der Waals surface area contributed by atoms with Gasteiger partial charge in [0.05, 0.1) is 23.4 Å². The first-order valence-electron chi connectivity index (χ1n) is 7.07. The number of hydrogen-bond donors (Lipinski definition) is 0. The van der Waals surface area contributed by atoms with E-state index in [2.05, 4.69) is 0 Å². The molecule has 2 heterocycles. The molecule has 0 N–H and O–H groups in total. The third kappa shape index (κ3) is 3.46. The minimum Gasteiger partial charge on any atom is -0.467 e. The number of ether oxygens (including phenoxy) is 3. The Morgan fingerprint density at radius 3 is 2.92 bits per heavy atom. The lowest BCUT2D eigenvalue weighted by Crippen LogP contribution is -2.30. The van der Waals surface area contributed by atoms with Gasteiger partial charge in [0.15, 0.2) is 18.1 Å². The van der Waals surface area contributed by atoms with Crippen LogP contribution in [0.5, 0.6) is 11.5 Å². The second kappa shape index (κ2) is 6.84. The Balaban J connectivity index is 1.57. The summed E-state index contributed by atoms with van der Waals surface area (Å²) in [4.78, 5) is 25.5. The van der Waals surface area contributed by atoms with Gasteiger partial charge in [-0.3, -0.25) is 4.79 Å². The number of benzene rings is 1. The zero-order valence-electron chi connectivity index (χ0n) is 12.8. The molecule has 7 nitrogen and oxygen atoms in total. The number of hydrogen-bond acceptors (Lipinski definition) is 6. The van der Waals surface area contributed by atoms with Crippen LogP contribution in [0.25, 0.3) is 0 Å². The first kappa shape index (κ1) is 16.2. The van der Waals surface area contributed by atoms with Crippen LogP contribution in [0.4, 0.5) is 0 Å². The molecule has 1 aliphatic heterocycles. The van der Waals surface area contributed by atoms with Crippen molar-refractivity contribution in [3.63, 3.8) is 0 Å². The Morgan fingerprint density at radius 1 is 1.33 bits per heavy atom. The van der Waals surface area contributed by atoms with Crippen molar-refractivity contribution in [3.8, 4) is 11.5 Å². The molecule has 24 heavy (non-hydrogen) atoms. The van der Waals surface area contributed by atoms with Crippen molar-refractivity contribution in [3.05, 3.63) is 46.9 Å². The molecule has 3 rings (SSSR count). The zero-order chi connectivity index (χ0) is 17.1. The first-order chi connectivity index (χ1) is 11.5. The van der Waals surface area contributed by atoms with Crippen molar-refractivity contribution >= 4 is 23.5 Å². The van der Waals surface area contributed by atoms with Crippen LogP contribution >= 0.6 is 11.6 Å². The van der Waals surface area contributed by atoms with Crippen LogP contribution in [0.2, 0.25) is 5.02 Å². The number of halogens is 1. The maximum atomic E-state index is 12.1. The van der Waals surface area contributed by atoms with Crippen LogP contribution in [0, 0.1) is 0 Å². The van der Waals surface area contributed by atoms with Gasteiger partial charge in [-0.05, 0) is 24.3 Å². The first-order valence-corrected chi connectivity index (χ1v) is 7.45. The number of carbonyl (C=O) groups excluding carboxylic acids is 2. The number of carbonyl (C=O) groups is 2. The van der Waals surface area contributed by atoms with Gasteiger partial charge in [0.25, 0.3) is 5.91 Å². The molecule has 0 radical (unpaired) electrons. The van der Waals surface area contributed by atoms with E-state index in [4.69, 9.17) is 30.2 Å². The SMILES string of the molecule is CN(Cc1ccco1)C(=O)COC(=O)c1cc(Cl)c2c(c1)OCO2. The van der Waals surface area contributed by atoms with Crippen molar-refractivity contribution in [2.75, 3.05) is 20.4 Å². The largest absolute Gasteiger partial charge is 0.467 e. The molecule has 1 aliphatic rings. The maximum Gasteiger partial charge on any atom is 0.338 e. The summed E-state index contributed by atoms with van der Waals surface area (Å²) in [5, 5.41) is 0.248. The van der Waals surface area contributed by atoms with Gasteiger partial charge in [0.1, 0.15) is 5.76 Å². The summed E-state index contributed by atoms with van der Waals surface area (Å²) in [6, 6.07) is 6.36. The van der Waals surface area contributed by atoms with Crippen LogP contribution in [0.3, 0.4) is 0 Å². The summed E-state index contributed by atoms with van der Waals surface area (Å²) in [6.07, 6.45) is 1.52. The second-order valence-electron chi connectivity index (χ2n) is 5.10. The van der Waals surface area contributed by atoms with E-state index < -0.39 is 5.97 Å². The van der Waals surface area contributed by atoms with E-state index in [1.807, 2.05) is 0 Å². The number of esters is 1. The molecule has 0 saturated heterocycles. The quantitative estimate of drug-likeness (QED) is 0.770. The third-order valence-corrected chi connectivity index (χ3v) is 3.67. The minimum absolute atomic E-state index is 0.0453. The fourth-order valence-electron chi connectivity index (χ4n) is 2.13. The predicted molar refractivity (Wildman–Crippen MR) is 83.0 cm³/mol. The average Bonchev–Trinajstić information content (AvgIpc) is 3.23. The molecular weight excluding hydrogens is 338 g/mol. The molecule has 8 heteroatoms. The van der Waals surface area contributed by atoms with Crippen LogP contribution in [-0.4, -0.2) is 37.2 Å². The summed E-state index contributed by atoms with van der Waals surface area (Å²) in [6.45, 7) is -0.0506. The van der Waals surface area contributed by atoms with Gasteiger partial charge in [0, 0.05) is 7.05 Å². The lowest BCUT2D eigenvalue weighted by molar-refractivity contribution is -0.133. The van der Waals surface area contributed by atoms with Crippen molar-refractivity contribution in [2.45, 2.75) is 6.54 Å². The molecule has 0 unspecified atom stereocenters. The van der Waals surface area contributed by atoms with E-state index in [1.165, 1.54) is 23.3 Å². The molecule has 0 bridgehead atoms. The monoisotopic (exact) mass is 351 g/mol. The Labute approximate surface area is 142 Å². The third-order valence-electron chi connectivity index (χ3n) is 3.39. The van der Waals surface area contributed by atoms with Crippen LogP contribution in [0.1, 0.15) is 16.1 Å². The molecule has 126 valence electrons. The molecule has 0 saturated carbocycles. The lowest BCUT2D eigenvalue weighted by Gasteiger charge is -2.15. The Kier molecular flexibility index (Phi) is 4.61. The van der Waals surface area contributed by atoms with Gasteiger partial charge in [-0.2, -0.15) is 0 Å². The zero-order valence-corrected chi connectivity index (χ0v) is 13.5. The van der Waals surface area contributed by atoms with Gasteiger partial charge in [0.2, 0.25) is 6.79 Å². The molecule has 0 spiro atoms. The standard InChI is InChI=1S/C16H14ClNO6/c1-18(7-11-3-2-4-21-11)14(19)8-22-16(20)10-5-12(17)15-13(6-10)23-9-24-15/h2-6H,7-9H2,1H3. The highest BCUT2D eigenvalue weighted by molar-refractivity contribution is 6.32. The fourth-order valence-corrected chi connectivity index (χ4v) is 2.40. The Morgan fingerprint density at radius 2 is 2.17 bits per heavy atom. The minimum atomic E-state index is -0.671. The van der Waals surface area contributed by atoms with Crippen molar-refractivity contribution < 1.29 is 28.2 Å². The van der Waals surface area contributed by atoms with Gasteiger partial charge in [-0.15, -0.1) is 0 Å². The average molecular weight is 352 g/mol. The normalized spacial score (nSPS) is 12.1. The highest BCUT2D eigenvalue weighted by Gasteiger charge is 2.22. The van der Waals surface area contributed by atoms with E-state index >= 15 is 0 Å². The number of amides is 1. The van der Waals surface area contributed by atoms with Gasteiger partial charge in [-0.25, -0.2) is 4.79 Å². The van der Waals surface area contributed by atoms with E-state index in [1.54, 1.807) is 19.2 Å². The molecule has 1 amide bonds. The topological polar surface area (TPSA) is 78.2 Å². The van der Waals surface area contributed by atoms with Gasteiger partial charge < -0.3 is 23.5 Å². The number of furan rings is 1. The summed E-state index contributed by atoms with van der Waals surface area (Å²) in [5.74, 6) is 0.374. The van der Waals surface area contributed by atoms with Crippen molar-refractivity contribution in [1.29, 1.82) is 0 Å². The molecule has 0 atom stereocenters. The highest BCUT2D eigenvalue weighted by Crippen LogP contribution is 2.39. The van der Waals surface area contributed by atoms with Gasteiger partial charge >= 0.3 is 5.97 Å². The smallest absolute Gasteiger partial charge is 0.338 e. The summed E-state index contributed by atoms with van der Waals surface area (Å²) < 4.78 is 20.6. The highest BCUT2D eigenvalue weighted by atomic mass is 35.5. The fraction of sp³-hybridized carbons (Fsp3) is 0.250. The predicted octanol–water partition coefficient (Wildman–Crippen LogP) is 2.48. The number of fused-ring (bicyclic) bond motifs is 1. The number of likely N-dealkylation sites (N-methyl/N-ethyl adjacent to an activating group) is 1.